The lowest BCUT2D eigenvalue weighted by Gasteiger charge is -2.24. The van der Waals surface area contributed by atoms with Crippen LogP contribution in [0.25, 0.3) is 0 Å². The Bertz CT molecular complexity index is 465. The minimum Gasteiger partial charge on any atom is -0.380 e. The molecule has 5 nitrogen and oxygen atoms in total. The van der Waals surface area contributed by atoms with Crippen molar-refractivity contribution in [1.29, 1.82) is 0 Å². The number of hydrogen-bond donors (Lipinski definition) is 1. The zero-order valence-corrected chi connectivity index (χ0v) is 12.5. The highest BCUT2D eigenvalue weighted by atomic mass is 16.5. The van der Waals surface area contributed by atoms with Gasteiger partial charge >= 0.3 is 0 Å². The zero-order valence-electron chi connectivity index (χ0n) is 12.5. The third-order valence-corrected chi connectivity index (χ3v) is 3.95. The second-order valence-electron chi connectivity index (χ2n) is 5.64. The molecule has 1 aliphatic carbocycles. The Balaban J connectivity index is 1.93. The van der Waals surface area contributed by atoms with Gasteiger partial charge in [-0.05, 0) is 33.1 Å². The third-order valence-electron chi connectivity index (χ3n) is 3.95. The van der Waals surface area contributed by atoms with Gasteiger partial charge in [-0.25, -0.2) is 9.97 Å². The molecule has 0 atom stereocenters. The molecule has 20 heavy (non-hydrogen) atoms. The van der Waals surface area contributed by atoms with Crippen LogP contribution in [0.5, 0.6) is 0 Å². The predicted molar refractivity (Wildman–Crippen MR) is 80.6 cm³/mol. The SMILES string of the molecule is CCNc1nc(C2CC2)nc(N2CCCOCC2)c1C. The van der Waals surface area contributed by atoms with Crippen LogP contribution in [0.1, 0.15) is 43.5 Å². The third kappa shape index (κ3) is 2.87. The van der Waals surface area contributed by atoms with Gasteiger partial charge in [0.25, 0.3) is 0 Å². The summed E-state index contributed by atoms with van der Waals surface area (Å²) in [5, 5.41) is 3.38. The smallest absolute Gasteiger partial charge is 0.137 e. The second-order valence-corrected chi connectivity index (χ2v) is 5.64. The van der Waals surface area contributed by atoms with Crippen molar-refractivity contribution in [3.63, 3.8) is 0 Å². The van der Waals surface area contributed by atoms with Crippen LogP contribution >= 0.6 is 0 Å². The molecular weight excluding hydrogens is 252 g/mol. The molecule has 2 fully saturated rings. The topological polar surface area (TPSA) is 50.3 Å². The first-order valence-corrected chi connectivity index (χ1v) is 7.74. The van der Waals surface area contributed by atoms with E-state index in [1.165, 1.54) is 12.8 Å². The molecule has 3 rings (SSSR count). The number of ether oxygens (including phenoxy) is 1. The van der Waals surface area contributed by atoms with Gasteiger partial charge < -0.3 is 15.0 Å². The van der Waals surface area contributed by atoms with E-state index in [9.17, 15) is 0 Å². The number of anilines is 2. The summed E-state index contributed by atoms with van der Waals surface area (Å²) in [6.07, 6.45) is 3.53. The summed E-state index contributed by atoms with van der Waals surface area (Å²) < 4.78 is 5.55. The van der Waals surface area contributed by atoms with Crippen molar-refractivity contribution in [2.24, 2.45) is 0 Å². The van der Waals surface area contributed by atoms with Crippen molar-refractivity contribution in [3.8, 4) is 0 Å². The van der Waals surface area contributed by atoms with Crippen molar-refractivity contribution >= 4 is 11.6 Å². The molecule has 1 N–H and O–H groups in total. The number of hydrogen-bond acceptors (Lipinski definition) is 5. The van der Waals surface area contributed by atoms with Crippen LogP contribution in [-0.2, 0) is 4.74 Å². The Kier molecular flexibility index (Phi) is 4.05. The standard InChI is InChI=1S/C15H24N4O/c1-3-16-13-11(2)15(18-14(17-13)12-5-6-12)19-7-4-9-20-10-8-19/h12H,3-10H2,1-2H3,(H,16,17,18). The Hall–Kier alpha value is -1.36. The van der Waals surface area contributed by atoms with E-state index in [2.05, 4.69) is 24.1 Å². The maximum absolute atomic E-state index is 5.55. The lowest BCUT2D eigenvalue weighted by Crippen LogP contribution is -2.28. The molecule has 0 unspecified atom stereocenters. The van der Waals surface area contributed by atoms with Crippen molar-refractivity contribution in [2.75, 3.05) is 43.1 Å². The summed E-state index contributed by atoms with van der Waals surface area (Å²) >= 11 is 0. The predicted octanol–water partition coefficient (Wildman–Crippen LogP) is 2.32. The van der Waals surface area contributed by atoms with Gasteiger partial charge in [-0.2, -0.15) is 0 Å². The van der Waals surface area contributed by atoms with Gasteiger partial charge in [0.2, 0.25) is 0 Å². The maximum Gasteiger partial charge on any atom is 0.137 e. The van der Waals surface area contributed by atoms with Crippen molar-refractivity contribution < 1.29 is 4.74 Å². The fourth-order valence-corrected chi connectivity index (χ4v) is 2.65. The first-order chi connectivity index (χ1) is 9.79. The van der Waals surface area contributed by atoms with Crippen LogP contribution < -0.4 is 10.2 Å². The van der Waals surface area contributed by atoms with Crippen molar-refractivity contribution in [3.05, 3.63) is 11.4 Å². The molecule has 5 heteroatoms. The first-order valence-electron chi connectivity index (χ1n) is 7.74. The maximum atomic E-state index is 5.55. The molecule has 0 aromatic carbocycles. The van der Waals surface area contributed by atoms with E-state index < -0.39 is 0 Å². The zero-order chi connectivity index (χ0) is 13.9. The van der Waals surface area contributed by atoms with Gasteiger partial charge in [0, 0.05) is 37.7 Å². The van der Waals surface area contributed by atoms with Crippen LogP contribution in [0.4, 0.5) is 11.6 Å². The Morgan fingerprint density at radius 1 is 1.25 bits per heavy atom. The highest BCUT2D eigenvalue weighted by molar-refractivity contribution is 5.59. The average molecular weight is 276 g/mol. The van der Waals surface area contributed by atoms with Crippen LogP contribution in [0, 0.1) is 6.92 Å². The molecule has 1 aliphatic heterocycles. The fourth-order valence-electron chi connectivity index (χ4n) is 2.65. The monoisotopic (exact) mass is 276 g/mol. The molecule has 0 amide bonds. The highest BCUT2D eigenvalue weighted by Crippen LogP contribution is 2.40. The number of nitrogens with one attached hydrogen (secondary N) is 1. The summed E-state index contributed by atoms with van der Waals surface area (Å²) in [6.45, 7) is 8.72. The van der Waals surface area contributed by atoms with Gasteiger partial charge in [0.1, 0.15) is 17.5 Å². The molecular formula is C15H24N4O. The molecule has 2 aliphatic rings. The van der Waals surface area contributed by atoms with E-state index in [1.807, 2.05) is 0 Å². The Labute approximate surface area is 120 Å². The van der Waals surface area contributed by atoms with Gasteiger partial charge in [-0.15, -0.1) is 0 Å². The molecule has 1 aromatic rings. The summed E-state index contributed by atoms with van der Waals surface area (Å²) in [6, 6.07) is 0. The molecule has 0 spiro atoms. The minimum atomic E-state index is 0.579. The summed E-state index contributed by atoms with van der Waals surface area (Å²) in [5.74, 6) is 3.70. The van der Waals surface area contributed by atoms with Crippen LogP contribution in [-0.4, -0.2) is 42.8 Å². The summed E-state index contributed by atoms with van der Waals surface area (Å²) in [7, 11) is 0. The Morgan fingerprint density at radius 3 is 2.85 bits per heavy atom. The molecule has 1 saturated carbocycles. The molecule has 1 saturated heterocycles. The minimum absolute atomic E-state index is 0.579. The lowest BCUT2D eigenvalue weighted by molar-refractivity contribution is 0.152. The van der Waals surface area contributed by atoms with Crippen LogP contribution in [0.15, 0.2) is 0 Å². The molecule has 110 valence electrons. The molecule has 0 bridgehead atoms. The lowest BCUT2D eigenvalue weighted by atomic mass is 10.2. The van der Waals surface area contributed by atoms with E-state index >= 15 is 0 Å². The van der Waals surface area contributed by atoms with E-state index in [-0.39, 0.29) is 0 Å². The van der Waals surface area contributed by atoms with E-state index in [4.69, 9.17) is 14.7 Å². The molecule has 1 aromatic heterocycles. The fraction of sp³-hybridized carbons (Fsp3) is 0.733. The highest BCUT2D eigenvalue weighted by Gasteiger charge is 2.29. The van der Waals surface area contributed by atoms with E-state index in [0.29, 0.717) is 5.92 Å². The van der Waals surface area contributed by atoms with E-state index in [0.717, 1.165) is 62.3 Å². The number of aromatic nitrogens is 2. The van der Waals surface area contributed by atoms with Crippen LogP contribution in [0.2, 0.25) is 0 Å². The number of rotatable bonds is 4. The molecule has 2 heterocycles. The Morgan fingerprint density at radius 2 is 2.10 bits per heavy atom. The van der Waals surface area contributed by atoms with E-state index in [1.54, 1.807) is 0 Å². The average Bonchev–Trinajstić information content (AvgIpc) is 3.28. The van der Waals surface area contributed by atoms with Gasteiger partial charge in [0.15, 0.2) is 0 Å². The van der Waals surface area contributed by atoms with Crippen molar-refractivity contribution in [1.82, 2.24) is 9.97 Å². The van der Waals surface area contributed by atoms with Crippen LogP contribution in [0.3, 0.4) is 0 Å². The quantitative estimate of drug-likeness (QED) is 0.914. The van der Waals surface area contributed by atoms with Gasteiger partial charge in [-0.3, -0.25) is 0 Å². The van der Waals surface area contributed by atoms with Crippen molar-refractivity contribution in [2.45, 2.75) is 39.0 Å². The summed E-state index contributed by atoms with van der Waals surface area (Å²) in [5.41, 5.74) is 1.16. The number of nitrogens with zero attached hydrogens (tertiary/aromatic N) is 3. The van der Waals surface area contributed by atoms with Gasteiger partial charge in [-0.1, -0.05) is 0 Å². The largest absolute Gasteiger partial charge is 0.380 e. The first kappa shape index (κ1) is 13.6. The summed E-state index contributed by atoms with van der Waals surface area (Å²) in [4.78, 5) is 11.9. The normalized spacial score (nSPS) is 19.8. The molecule has 0 radical (unpaired) electrons. The second kappa shape index (κ2) is 5.95. The van der Waals surface area contributed by atoms with Gasteiger partial charge in [0.05, 0.1) is 6.61 Å².